The molecule has 4 rings (SSSR count). The standard InChI is InChI=1S/C22H26N4O2S/c1-15(2)14-25-7-9-26(10-8-25)17-3-4-19(22(27)29)20(12-17)28-18-11-16-5-6-23-21(16)24-13-18/h3-6,11-13,15H,7-10,14H2,1-2H3,(H,23,24)(H,27,29). The number of hydrogen-bond acceptors (Lipinski definition) is 5. The lowest BCUT2D eigenvalue weighted by Gasteiger charge is -2.37. The molecule has 1 N–H and O–H groups in total. The summed E-state index contributed by atoms with van der Waals surface area (Å²) < 4.78 is 6.07. The number of thiol groups is 1. The molecule has 0 amide bonds. The number of rotatable bonds is 6. The zero-order valence-corrected chi connectivity index (χ0v) is 17.7. The number of carbonyl (C=O) groups excluding carboxylic acids is 1. The minimum atomic E-state index is -0.316. The van der Waals surface area contributed by atoms with E-state index in [0.717, 1.165) is 49.4 Å². The van der Waals surface area contributed by atoms with Crippen LogP contribution in [-0.4, -0.2) is 52.7 Å². The van der Waals surface area contributed by atoms with Gasteiger partial charge in [0, 0.05) is 56.1 Å². The topological polar surface area (TPSA) is 61.5 Å². The van der Waals surface area contributed by atoms with E-state index in [1.165, 1.54) is 0 Å². The van der Waals surface area contributed by atoms with Gasteiger partial charge in [-0.15, -0.1) is 12.6 Å². The zero-order chi connectivity index (χ0) is 20.4. The molecule has 0 unspecified atom stereocenters. The molecule has 7 heteroatoms. The van der Waals surface area contributed by atoms with E-state index in [0.29, 0.717) is 23.0 Å². The first-order chi connectivity index (χ1) is 14.0. The van der Waals surface area contributed by atoms with Crippen molar-refractivity contribution < 1.29 is 9.53 Å². The number of nitrogens with zero attached hydrogens (tertiary/aromatic N) is 3. The molecule has 0 bridgehead atoms. The van der Waals surface area contributed by atoms with E-state index in [4.69, 9.17) is 4.74 Å². The fraction of sp³-hybridized carbons (Fsp3) is 0.364. The molecule has 3 heterocycles. The number of carbonyl (C=O) groups is 1. The van der Waals surface area contributed by atoms with E-state index >= 15 is 0 Å². The molecule has 29 heavy (non-hydrogen) atoms. The van der Waals surface area contributed by atoms with Crippen molar-refractivity contribution in [1.29, 1.82) is 0 Å². The van der Waals surface area contributed by atoms with Crippen molar-refractivity contribution in [3.05, 3.63) is 48.3 Å². The van der Waals surface area contributed by atoms with Gasteiger partial charge in [0.25, 0.3) is 0 Å². The summed E-state index contributed by atoms with van der Waals surface area (Å²) in [7, 11) is 0. The Morgan fingerprint density at radius 2 is 2.00 bits per heavy atom. The van der Waals surface area contributed by atoms with Crippen LogP contribution in [-0.2, 0) is 0 Å². The monoisotopic (exact) mass is 410 g/mol. The molecule has 0 aliphatic carbocycles. The molecule has 1 aromatic carbocycles. The second-order valence-corrected chi connectivity index (χ2v) is 8.26. The van der Waals surface area contributed by atoms with E-state index in [2.05, 4.69) is 46.2 Å². The molecule has 0 radical (unpaired) electrons. The van der Waals surface area contributed by atoms with Crippen LogP contribution in [0, 0.1) is 5.92 Å². The summed E-state index contributed by atoms with van der Waals surface area (Å²) in [4.78, 5) is 24.3. The summed E-state index contributed by atoms with van der Waals surface area (Å²) >= 11 is 4.02. The first-order valence-corrected chi connectivity index (χ1v) is 10.4. The van der Waals surface area contributed by atoms with Gasteiger partial charge < -0.3 is 14.6 Å². The van der Waals surface area contributed by atoms with Gasteiger partial charge in [-0.1, -0.05) is 13.8 Å². The molecule has 1 fully saturated rings. The first kappa shape index (κ1) is 19.8. The molecule has 1 saturated heterocycles. The highest BCUT2D eigenvalue weighted by Crippen LogP contribution is 2.32. The van der Waals surface area contributed by atoms with Crippen molar-refractivity contribution in [1.82, 2.24) is 14.9 Å². The predicted octanol–water partition coefficient (Wildman–Crippen LogP) is 4.20. The number of nitrogens with one attached hydrogen (secondary N) is 1. The van der Waals surface area contributed by atoms with Crippen LogP contribution in [0.4, 0.5) is 5.69 Å². The van der Waals surface area contributed by atoms with Gasteiger partial charge in [-0.3, -0.25) is 9.69 Å². The number of aromatic nitrogens is 2. The number of benzene rings is 1. The van der Waals surface area contributed by atoms with Crippen LogP contribution < -0.4 is 9.64 Å². The smallest absolute Gasteiger partial charge is 0.220 e. The van der Waals surface area contributed by atoms with Gasteiger partial charge in [-0.2, -0.15) is 0 Å². The molecule has 3 aromatic rings. The van der Waals surface area contributed by atoms with Gasteiger partial charge in [0.1, 0.15) is 17.1 Å². The number of ether oxygens (including phenoxy) is 1. The molecule has 1 aliphatic rings. The fourth-order valence-corrected chi connectivity index (χ4v) is 3.96. The Hall–Kier alpha value is -2.51. The van der Waals surface area contributed by atoms with Crippen molar-refractivity contribution in [3.8, 4) is 11.5 Å². The third-order valence-electron chi connectivity index (χ3n) is 5.16. The Labute approximate surface area is 176 Å². The van der Waals surface area contributed by atoms with E-state index in [9.17, 15) is 4.79 Å². The lowest BCUT2D eigenvalue weighted by molar-refractivity contribution is 0.108. The van der Waals surface area contributed by atoms with Crippen LogP contribution in [0.1, 0.15) is 24.2 Å². The summed E-state index contributed by atoms with van der Waals surface area (Å²) in [5.41, 5.74) is 2.30. The van der Waals surface area contributed by atoms with E-state index in [1.54, 1.807) is 12.3 Å². The van der Waals surface area contributed by atoms with Gasteiger partial charge in [-0.25, -0.2) is 4.98 Å². The van der Waals surface area contributed by atoms with Crippen molar-refractivity contribution >= 4 is 34.5 Å². The van der Waals surface area contributed by atoms with Crippen LogP contribution in [0.15, 0.2) is 42.7 Å². The highest BCUT2D eigenvalue weighted by Gasteiger charge is 2.20. The molecule has 1 aliphatic heterocycles. The summed E-state index contributed by atoms with van der Waals surface area (Å²) in [6.45, 7) is 9.62. The maximum atomic E-state index is 12.0. The molecular formula is C22H26N4O2S. The van der Waals surface area contributed by atoms with Gasteiger partial charge in [0.05, 0.1) is 11.8 Å². The number of piperazine rings is 1. The van der Waals surface area contributed by atoms with Crippen molar-refractivity contribution in [2.24, 2.45) is 5.92 Å². The van der Waals surface area contributed by atoms with Crippen LogP contribution in [0.5, 0.6) is 11.5 Å². The van der Waals surface area contributed by atoms with E-state index in [-0.39, 0.29) is 5.12 Å². The Balaban J connectivity index is 1.55. The Morgan fingerprint density at radius 1 is 1.21 bits per heavy atom. The highest BCUT2D eigenvalue weighted by atomic mass is 32.1. The lowest BCUT2D eigenvalue weighted by Crippen LogP contribution is -2.47. The van der Waals surface area contributed by atoms with Gasteiger partial charge in [0.2, 0.25) is 5.12 Å². The molecule has 2 aromatic heterocycles. The Morgan fingerprint density at radius 3 is 2.72 bits per heavy atom. The quantitative estimate of drug-likeness (QED) is 0.597. The van der Waals surface area contributed by atoms with Crippen LogP contribution in [0.2, 0.25) is 0 Å². The first-order valence-electron chi connectivity index (χ1n) is 9.95. The molecule has 0 saturated carbocycles. The number of aromatic amines is 1. The predicted molar refractivity (Wildman–Crippen MR) is 119 cm³/mol. The molecule has 6 nitrogen and oxygen atoms in total. The highest BCUT2D eigenvalue weighted by molar-refractivity contribution is 7.97. The van der Waals surface area contributed by atoms with E-state index in [1.807, 2.05) is 30.5 Å². The van der Waals surface area contributed by atoms with Crippen molar-refractivity contribution in [2.75, 3.05) is 37.6 Å². The van der Waals surface area contributed by atoms with Crippen LogP contribution in [0.25, 0.3) is 11.0 Å². The maximum Gasteiger partial charge on any atom is 0.220 e. The Bertz CT molecular complexity index is 1010. The number of anilines is 1. The summed E-state index contributed by atoms with van der Waals surface area (Å²) in [5.74, 6) is 1.77. The summed E-state index contributed by atoms with van der Waals surface area (Å²) in [6, 6.07) is 9.55. The average Bonchev–Trinajstić information content (AvgIpc) is 3.16. The molecule has 152 valence electrons. The number of H-pyrrole nitrogens is 1. The maximum absolute atomic E-state index is 12.0. The third-order valence-corrected chi connectivity index (χ3v) is 5.40. The fourth-order valence-electron chi connectivity index (χ4n) is 3.78. The normalized spacial score (nSPS) is 15.2. The largest absolute Gasteiger partial charge is 0.455 e. The van der Waals surface area contributed by atoms with Gasteiger partial charge in [-0.05, 0) is 30.2 Å². The second-order valence-electron chi connectivity index (χ2n) is 7.86. The number of hydrogen-bond donors (Lipinski definition) is 2. The minimum absolute atomic E-state index is 0.316. The molecular weight excluding hydrogens is 384 g/mol. The van der Waals surface area contributed by atoms with E-state index < -0.39 is 0 Å². The molecule has 0 spiro atoms. The second kappa shape index (κ2) is 8.47. The molecule has 0 atom stereocenters. The lowest BCUT2D eigenvalue weighted by atomic mass is 10.1. The number of fused-ring (bicyclic) bond motifs is 1. The summed E-state index contributed by atoms with van der Waals surface area (Å²) in [6.07, 6.45) is 3.49. The van der Waals surface area contributed by atoms with Crippen LogP contribution >= 0.6 is 12.6 Å². The van der Waals surface area contributed by atoms with Crippen molar-refractivity contribution in [2.45, 2.75) is 13.8 Å². The number of pyridine rings is 1. The minimum Gasteiger partial charge on any atom is -0.455 e. The van der Waals surface area contributed by atoms with Gasteiger partial charge in [0.15, 0.2) is 0 Å². The summed E-state index contributed by atoms with van der Waals surface area (Å²) in [5, 5.41) is 0.641. The van der Waals surface area contributed by atoms with Crippen LogP contribution in [0.3, 0.4) is 0 Å². The third kappa shape index (κ3) is 4.57. The zero-order valence-electron chi connectivity index (χ0n) is 16.8. The van der Waals surface area contributed by atoms with Gasteiger partial charge >= 0.3 is 0 Å². The van der Waals surface area contributed by atoms with Crippen molar-refractivity contribution in [3.63, 3.8) is 0 Å². The Kier molecular flexibility index (Phi) is 5.78. The SMILES string of the molecule is CC(C)CN1CCN(c2ccc(C(=O)S)c(Oc3cnc4[nH]ccc4c3)c2)CC1. The average molecular weight is 411 g/mol.